The third-order valence-electron chi connectivity index (χ3n) is 5.71. The Balaban J connectivity index is 1.35. The molecule has 0 saturated carbocycles. The SMILES string of the molecule is COc1ccc(-c2nc(CN3CCN(C(=O)c4c(C)oc(C)c4C)CC3)cs2)cc1. The lowest BCUT2D eigenvalue weighted by molar-refractivity contribution is 0.0625. The van der Waals surface area contributed by atoms with Gasteiger partial charge in [0.2, 0.25) is 0 Å². The van der Waals surface area contributed by atoms with Crippen LogP contribution in [0.3, 0.4) is 0 Å². The van der Waals surface area contributed by atoms with E-state index in [2.05, 4.69) is 10.3 Å². The number of piperazine rings is 1. The van der Waals surface area contributed by atoms with Gasteiger partial charge >= 0.3 is 0 Å². The van der Waals surface area contributed by atoms with E-state index in [4.69, 9.17) is 14.1 Å². The van der Waals surface area contributed by atoms with Gasteiger partial charge in [-0.25, -0.2) is 4.98 Å². The molecule has 0 aliphatic carbocycles. The molecule has 158 valence electrons. The van der Waals surface area contributed by atoms with E-state index in [-0.39, 0.29) is 5.91 Å². The van der Waals surface area contributed by atoms with Crippen LogP contribution >= 0.6 is 11.3 Å². The predicted molar refractivity (Wildman–Crippen MR) is 118 cm³/mol. The van der Waals surface area contributed by atoms with Crippen molar-refractivity contribution in [2.75, 3.05) is 33.3 Å². The molecule has 0 bridgehead atoms. The van der Waals surface area contributed by atoms with Crippen molar-refractivity contribution in [2.45, 2.75) is 27.3 Å². The first kappa shape index (κ1) is 20.6. The van der Waals surface area contributed by atoms with Gasteiger partial charge in [-0.05, 0) is 45.0 Å². The standard InChI is InChI=1S/C23H27N3O3S/c1-15-16(2)29-17(3)21(15)23(27)26-11-9-25(10-12-26)13-19-14-30-22(24-19)18-5-7-20(28-4)8-6-18/h5-8,14H,9-13H2,1-4H3. The molecule has 0 N–H and O–H groups in total. The highest BCUT2D eigenvalue weighted by atomic mass is 32.1. The molecule has 1 aromatic carbocycles. The summed E-state index contributed by atoms with van der Waals surface area (Å²) < 4.78 is 10.9. The summed E-state index contributed by atoms with van der Waals surface area (Å²) in [5.74, 6) is 2.47. The van der Waals surface area contributed by atoms with Crippen molar-refractivity contribution in [3.8, 4) is 16.3 Å². The van der Waals surface area contributed by atoms with Crippen molar-refractivity contribution in [1.29, 1.82) is 0 Å². The number of nitrogens with zero attached hydrogens (tertiary/aromatic N) is 3. The van der Waals surface area contributed by atoms with Crippen LogP contribution in [0, 0.1) is 20.8 Å². The molecule has 0 spiro atoms. The summed E-state index contributed by atoms with van der Waals surface area (Å²) in [5.41, 5.74) is 3.85. The van der Waals surface area contributed by atoms with E-state index in [0.29, 0.717) is 5.76 Å². The zero-order valence-electron chi connectivity index (χ0n) is 17.9. The van der Waals surface area contributed by atoms with E-state index in [1.54, 1.807) is 18.4 Å². The fourth-order valence-corrected chi connectivity index (χ4v) is 4.67. The molecule has 1 saturated heterocycles. The van der Waals surface area contributed by atoms with Crippen molar-refractivity contribution in [2.24, 2.45) is 0 Å². The van der Waals surface area contributed by atoms with Gasteiger partial charge in [0.1, 0.15) is 22.3 Å². The van der Waals surface area contributed by atoms with Gasteiger partial charge in [0.25, 0.3) is 5.91 Å². The summed E-state index contributed by atoms with van der Waals surface area (Å²) >= 11 is 1.66. The first-order chi connectivity index (χ1) is 14.5. The molecule has 0 radical (unpaired) electrons. The molecular weight excluding hydrogens is 398 g/mol. The minimum Gasteiger partial charge on any atom is -0.497 e. The average molecular weight is 426 g/mol. The quantitative estimate of drug-likeness (QED) is 0.610. The van der Waals surface area contributed by atoms with Crippen molar-refractivity contribution in [1.82, 2.24) is 14.8 Å². The van der Waals surface area contributed by atoms with E-state index in [1.807, 2.05) is 49.9 Å². The number of hydrogen-bond acceptors (Lipinski definition) is 6. The van der Waals surface area contributed by atoms with E-state index < -0.39 is 0 Å². The summed E-state index contributed by atoms with van der Waals surface area (Å²) in [6, 6.07) is 7.98. The summed E-state index contributed by atoms with van der Waals surface area (Å²) in [5, 5.41) is 3.14. The van der Waals surface area contributed by atoms with Gasteiger partial charge in [-0.2, -0.15) is 0 Å². The lowest BCUT2D eigenvalue weighted by atomic mass is 10.1. The number of benzene rings is 1. The molecule has 3 aromatic rings. The lowest BCUT2D eigenvalue weighted by Gasteiger charge is -2.34. The van der Waals surface area contributed by atoms with E-state index >= 15 is 0 Å². The number of aromatic nitrogens is 1. The molecular formula is C23H27N3O3S. The van der Waals surface area contributed by atoms with Crippen LogP contribution < -0.4 is 4.74 Å². The average Bonchev–Trinajstić information content (AvgIpc) is 3.32. The zero-order chi connectivity index (χ0) is 21.3. The number of amides is 1. The van der Waals surface area contributed by atoms with Crippen molar-refractivity contribution in [3.63, 3.8) is 0 Å². The molecule has 2 aromatic heterocycles. The monoisotopic (exact) mass is 425 g/mol. The van der Waals surface area contributed by atoms with Gasteiger partial charge in [-0.15, -0.1) is 11.3 Å². The van der Waals surface area contributed by atoms with Gasteiger partial charge in [-0.3, -0.25) is 9.69 Å². The number of rotatable bonds is 5. The molecule has 0 atom stereocenters. The Morgan fingerprint density at radius 3 is 2.40 bits per heavy atom. The number of methoxy groups -OCH3 is 1. The van der Waals surface area contributed by atoms with Gasteiger partial charge in [0, 0.05) is 49.2 Å². The minimum absolute atomic E-state index is 0.0805. The molecule has 7 heteroatoms. The van der Waals surface area contributed by atoms with Crippen LogP contribution in [0.25, 0.3) is 10.6 Å². The maximum Gasteiger partial charge on any atom is 0.257 e. The molecule has 4 rings (SSSR count). The van der Waals surface area contributed by atoms with Crippen LogP contribution in [-0.2, 0) is 6.54 Å². The Labute approximate surface area is 181 Å². The highest BCUT2D eigenvalue weighted by Gasteiger charge is 2.27. The van der Waals surface area contributed by atoms with Crippen molar-refractivity contribution < 1.29 is 13.9 Å². The fourth-order valence-electron chi connectivity index (χ4n) is 3.85. The van der Waals surface area contributed by atoms with E-state index in [9.17, 15) is 4.79 Å². The first-order valence-electron chi connectivity index (χ1n) is 10.1. The summed E-state index contributed by atoms with van der Waals surface area (Å²) in [7, 11) is 1.67. The zero-order valence-corrected chi connectivity index (χ0v) is 18.7. The number of carbonyl (C=O) groups is 1. The molecule has 1 aliphatic heterocycles. The Kier molecular flexibility index (Phi) is 5.92. The van der Waals surface area contributed by atoms with Crippen LogP contribution in [0.5, 0.6) is 5.75 Å². The van der Waals surface area contributed by atoms with Gasteiger partial charge in [0.05, 0.1) is 18.4 Å². The maximum absolute atomic E-state index is 13.0. The summed E-state index contributed by atoms with van der Waals surface area (Å²) in [4.78, 5) is 22.0. The molecule has 1 amide bonds. The minimum atomic E-state index is 0.0805. The normalized spacial score (nSPS) is 14.9. The highest BCUT2D eigenvalue weighted by molar-refractivity contribution is 7.13. The Bertz CT molecular complexity index is 1030. The second kappa shape index (κ2) is 8.62. The number of thiazole rings is 1. The second-order valence-electron chi connectivity index (χ2n) is 7.66. The third kappa shape index (κ3) is 4.13. The fraction of sp³-hybridized carbons (Fsp3) is 0.391. The largest absolute Gasteiger partial charge is 0.497 e. The van der Waals surface area contributed by atoms with Gasteiger partial charge < -0.3 is 14.1 Å². The van der Waals surface area contributed by atoms with Gasteiger partial charge in [0.15, 0.2) is 0 Å². The van der Waals surface area contributed by atoms with E-state index in [1.165, 1.54) is 0 Å². The van der Waals surface area contributed by atoms with Crippen molar-refractivity contribution >= 4 is 17.2 Å². The molecule has 30 heavy (non-hydrogen) atoms. The van der Waals surface area contributed by atoms with Crippen LogP contribution in [0.2, 0.25) is 0 Å². The molecule has 0 unspecified atom stereocenters. The molecule has 1 fully saturated rings. The van der Waals surface area contributed by atoms with Crippen LogP contribution in [-0.4, -0.2) is 54.0 Å². The number of aryl methyl sites for hydroxylation is 2. The Morgan fingerprint density at radius 1 is 1.10 bits per heavy atom. The number of furan rings is 1. The van der Waals surface area contributed by atoms with E-state index in [0.717, 1.165) is 71.6 Å². The predicted octanol–water partition coefficient (Wildman–Crippen LogP) is 4.29. The third-order valence-corrected chi connectivity index (χ3v) is 6.65. The maximum atomic E-state index is 13.0. The van der Waals surface area contributed by atoms with Crippen LogP contribution in [0.1, 0.15) is 33.1 Å². The second-order valence-corrected chi connectivity index (χ2v) is 8.51. The first-order valence-corrected chi connectivity index (χ1v) is 11.0. The molecule has 3 heterocycles. The summed E-state index contributed by atoms with van der Waals surface area (Å²) in [6.07, 6.45) is 0. The van der Waals surface area contributed by atoms with Crippen molar-refractivity contribution in [3.05, 3.63) is 58.0 Å². The smallest absolute Gasteiger partial charge is 0.257 e. The number of ether oxygens (including phenoxy) is 1. The van der Waals surface area contributed by atoms with Gasteiger partial charge in [-0.1, -0.05) is 0 Å². The lowest BCUT2D eigenvalue weighted by Crippen LogP contribution is -2.48. The number of hydrogen-bond donors (Lipinski definition) is 0. The highest BCUT2D eigenvalue weighted by Crippen LogP contribution is 2.27. The number of carbonyl (C=O) groups excluding carboxylic acids is 1. The Morgan fingerprint density at radius 2 is 1.80 bits per heavy atom. The molecule has 1 aliphatic rings. The van der Waals surface area contributed by atoms with Crippen LogP contribution in [0.15, 0.2) is 34.1 Å². The topological polar surface area (TPSA) is 58.8 Å². The van der Waals surface area contributed by atoms with Crippen LogP contribution in [0.4, 0.5) is 0 Å². The molecule has 6 nitrogen and oxygen atoms in total. The summed E-state index contributed by atoms with van der Waals surface area (Å²) in [6.45, 7) is 9.66. The Hall–Kier alpha value is -2.64.